The summed E-state index contributed by atoms with van der Waals surface area (Å²) in [4.78, 5) is 28.8. The molecule has 7 nitrogen and oxygen atoms in total. The van der Waals surface area contributed by atoms with Crippen molar-refractivity contribution in [3.8, 4) is 22.8 Å². The second-order valence-corrected chi connectivity index (χ2v) is 10.4. The molecule has 0 amide bonds. The number of hydrogen-bond donors (Lipinski definition) is 2. The predicted octanol–water partition coefficient (Wildman–Crippen LogP) is 5.58. The van der Waals surface area contributed by atoms with Crippen LogP contribution >= 0.6 is 11.6 Å². The molecule has 0 unspecified atom stereocenters. The van der Waals surface area contributed by atoms with Gasteiger partial charge in [0.15, 0.2) is 23.1 Å². The highest BCUT2D eigenvalue weighted by Gasteiger charge is 2.29. The number of rotatable bonds is 11. The smallest absolute Gasteiger partial charge is 0.167 e. The van der Waals surface area contributed by atoms with Crippen LogP contribution in [0, 0.1) is 5.82 Å². The van der Waals surface area contributed by atoms with Crippen molar-refractivity contribution in [2.24, 2.45) is 5.73 Å². The van der Waals surface area contributed by atoms with Crippen LogP contribution in [0.5, 0.6) is 11.5 Å². The topological polar surface area (TPSA) is 112 Å². The van der Waals surface area contributed by atoms with Crippen LogP contribution in [0.1, 0.15) is 62.2 Å². The van der Waals surface area contributed by atoms with E-state index in [1.54, 1.807) is 43.3 Å². The van der Waals surface area contributed by atoms with Crippen molar-refractivity contribution >= 4 is 23.2 Å². The van der Waals surface area contributed by atoms with Gasteiger partial charge in [-0.05, 0) is 88.2 Å². The molecule has 202 valence electrons. The van der Waals surface area contributed by atoms with Gasteiger partial charge in [-0.2, -0.15) is 0 Å². The molecule has 0 aliphatic heterocycles. The van der Waals surface area contributed by atoms with Crippen molar-refractivity contribution in [2.75, 3.05) is 13.7 Å². The lowest BCUT2D eigenvalue weighted by Gasteiger charge is -2.27. The van der Waals surface area contributed by atoms with Crippen LogP contribution in [-0.2, 0) is 15.9 Å². The van der Waals surface area contributed by atoms with Crippen LogP contribution in [0.4, 0.5) is 4.39 Å². The Morgan fingerprint density at radius 3 is 2.39 bits per heavy atom. The highest BCUT2D eigenvalue weighted by molar-refractivity contribution is 6.31. The summed E-state index contributed by atoms with van der Waals surface area (Å²) in [6, 6.07) is 12.4. The fourth-order valence-electron chi connectivity index (χ4n) is 3.75. The predicted molar refractivity (Wildman–Crippen MR) is 144 cm³/mol. The van der Waals surface area contributed by atoms with Crippen LogP contribution in [0.2, 0.25) is 5.02 Å². The standard InChI is InChI=1S/C29H32ClFN2O5/c1-17(34)16-38-25-9-7-19(13-26(25)37-5)24(35)10-11-29(4,36)27-15-20(28(2,3)32)14-23(33-27)18-6-8-22(31)21(30)12-18/h6-9,12-15,36H,10-11,16,32H2,1-5H3/t29-/m0/s1. The summed E-state index contributed by atoms with van der Waals surface area (Å²) in [5.41, 5.74) is 6.55. The monoisotopic (exact) mass is 542 g/mol. The first kappa shape index (κ1) is 29.2. The summed E-state index contributed by atoms with van der Waals surface area (Å²) in [6.07, 6.45) is 0.0846. The number of benzene rings is 2. The van der Waals surface area contributed by atoms with E-state index < -0.39 is 17.0 Å². The third-order valence-corrected chi connectivity index (χ3v) is 6.38. The molecule has 0 radical (unpaired) electrons. The van der Waals surface area contributed by atoms with Crippen LogP contribution < -0.4 is 15.2 Å². The van der Waals surface area contributed by atoms with Gasteiger partial charge in [-0.1, -0.05) is 11.6 Å². The summed E-state index contributed by atoms with van der Waals surface area (Å²) in [5, 5.41) is 11.3. The van der Waals surface area contributed by atoms with E-state index in [9.17, 15) is 19.1 Å². The second kappa shape index (κ2) is 11.6. The van der Waals surface area contributed by atoms with Gasteiger partial charge in [-0.15, -0.1) is 0 Å². The molecule has 1 atom stereocenters. The number of halogens is 2. The molecule has 9 heteroatoms. The number of hydrogen-bond acceptors (Lipinski definition) is 7. The molecule has 0 saturated heterocycles. The van der Waals surface area contributed by atoms with Crippen LogP contribution in [0.25, 0.3) is 11.3 Å². The first-order valence-electron chi connectivity index (χ1n) is 12.0. The lowest BCUT2D eigenvalue weighted by atomic mass is 9.88. The van der Waals surface area contributed by atoms with Crippen LogP contribution in [0.3, 0.4) is 0 Å². The molecule has 3 N–H and O–H groups in total. The van der Waals surface area contributed by atoms with Gasteiger partial charge in [-0.25, -0.2) is 9.37 Å². The van der Waals surface area contributed by atoms with Gasteiger partial charge in [0.05, 0.1) is 23.5 Å². The number of Topliss-reactive ketones (excluding diaryl/α,β-unsaturated/α-hetero) is 2. The van der Waals surface area contributed by atoms with Crippen molar-refractivity contribution in [2.45, 2.75) is 51.7 Å². The molecule has 0 aliphatic rings. The van der Waals surface area contributed by atoms with Crippen LogP contribution in [0.15, 0.2) is 48.5 Å². The van der Waals surface area contributed by atoms with Crippen molar-refractivity contribution in [3.63, 3.8) is 0 Å². The Balaban J connectivity index is 1.87. The van der Waals surface area contributed by atoms with Gasteiger partial charge in [0, 0.05) is 23.1 Å². The van der Waals surface area contributed by atoms with Gasteiger partial charge in [0.2, 0.25) is 0 Å². The van der Waals surface area contributed by atoms with Crippen molar-refractivity contribution in [1.29, 1.82) is 0 Å². The maximum atomic E-state index is 13.7. The molecule has 1 heterocycles. The zero-order chi connectivity index (χ0) is 28.3. The van der Waals surface area contributed by atoms with E-state index >= 15 is 0 Å². The van der Waals surface area contributed by atoms with E-state index in [1.807, 2.05) is 13.8 Å². The van der Waals surface area contributed by atoms with Crippen molar-refractivity contribution in [3.05, 3.63) is 76.2 Å². The molecule has 3 rings (SSSR count). The molecule has 1 aromatic heterocycles. The van der Waals surface area contributed by atoms with E-state index in [0.29, 0.717) is 39.6 Å². The number of aliphatic hydroxyl groups is 1. The Bertz CT molecular complexity index is 1350. The second-order valence-electron chi connectivity index (χ2n) is 10.0. The number of pyridine rings is 1. The minimum Gasteiger partial charge on any atom is -0.493 e. The van der Waals surface area contributed by atoms with Gasteiger partial charge < -0.3 is 20.3 Å². The molecule has 38 heavy (non-hydrogen) atoms. The molecule has 0 fully saturated rings. The average molecular weight is 543 g/mol. The number of ether oxygens (including phenoxy) is 2. The summed E-state index contributed by atoms with van der Waals surface area (Å²) >= 11 is 5.98. The Hall–Kier alpha value is -3.33. The summed E-state index contributed by atoms with van der Waals surface area (Å²) in [5.74, 6) is -0.235. The lowest BCUT2D eigenvalue weighted by Crippen LogP contribution is -2.31. The van der Waals surface area contributed by atoms with E-state index in [2.05, 4.69) is 4.98 Å². The van der Waals surface area contributed by atoms with Gasteiger partial charge in [0.25, 0.3) is 0 Å². The number of methoxy groups -OCH3 is 1. The summed E-state index contributed by atoms with van der Waals surface area (Å²) in [7, 11) is 1.44. The Morgan fingerprint density at radius 2 is 1.79 bits per heavy atom. The van der Waals surface area contributed by atoms with Crippen LogP contribution in [-0.4, -0.2) is 35.4 Å². The number of nitrogens with zero attached hydrogens (tertiary/aromatic N) is 1. The normalized spacial score (nSPS) is 13.1. The number of carbonyl (C=O) groups is 2. The summed E-state index contributed by atoms with van der Waals surface area (Å²) < 4.78 is 24.5. The number of nitrogens with two attached hydrogens (primary N) is 1. The number of ketones is 2. The van der Waals surface area contributed by atoms with E-state index in [0.717, 1.165) is 0 Å². The molecule has 0 aliphatic carbocycles. The summed E-state index contributed by atoms with van der Waals surface area (Å²) in [6.45, 7) is 6.53. The lowest BCUT2D eigenvalue weighted by molar-refractivity contribution is -0.118. The quantitative estimate of drug-likeness (QED) is 0.304. The average Bonchev–Trinajstić information content (AvgIpc) is 2.86. The molecule has 3 aromatic rings. The Labute approximate surface area is 226 Å². The number of carbonyl (C=O) groups excluding carboxylic acids is 2. The zero-order valence-electron chi connectivity index (χ0n) is 22.1. The maximum absolute atomic E-state index is 13.7. The molecular weight excluding hydrogens is 511 g/mol. The molecule has 0 bridgehead atoms. The zero-order valence-corrected chi connectivity index (χ0v) is 22.9. The van der Waals surface area contributed by atoms with Gasteiger partial charge in [0.1, 0.15) is 18.0 Å². The van der Waals surface area contributed by atoms with Crippen molar-refractivity contribution in [1.82, 2.24) is 4.98 Å². The first-order chi connectivity index (χ1) is 17.7. The van der Waals surface area contributed by atoms with E-state index in [-0.39, 0.29) is 36.0 Å². The molecule has 0 spiro atoms. The highest BCUT2D eigenvalue weighted by atomic mass is 35.5. The van der Waals surface area contributed by atoms with E-state index in [1.165, 1.54) is 26.2 Å². The minimum atomic E-state index is -1.48. The molecule has 0 saturated carbocycles. The molecule has 2 aromatic carbocycles. The fraction of sp³-hybridized carbons (Fsp3) is 0.345. The van der Waals surface area contributed by atoms with E-state index in [4.69, 9.17) is 26.8 Å². The minimum absolute atomic E-state index is 0.0133. The largest absolute Gasteiger partial charge is 0.493 e. The Kier molecular flexibility index (Phi) is 8.92. The molecular formula is C29H32ClFN2O5. The third-order valence-electron chi connectivity index (χ3n) is 6.09. The Morgan fingerprint density at radius 1 is 1.08 bits per heavy atom. The third kappa shape index (κ3) is 7.16. The first-order valence-corrected chi connectivity index (χ1v) is 12.4. The van der Waals surface area contributed by atoms with Gasteiger partial charge >= 0.3 is 0 Å². The maximum Gasteiger partial charge on any atom is 0.167 e. The highest BCUT2D eigenvalue weighted by Crippen LogP contribution is 2.34. The fourth-order valence-corrected chi connectivity index (χ4v) is 3.93. The van der Waals surface area contributed by atoms with Gasteiger partial charge in [-0.3, -0.25) is 9.59 Å². The van der Waals surface area contributed by atoms with Crippen molar-refractivity contribution < 1.29 is 28.6 Å². The number of aromatic nitrogens is 1. The SMILES string of the molecule is COc1cc(C(=O)CC[C@](C)(O)c2cc(C(C)(C)N)cc(-c3ccc(F)c(Cl)c3)n2)ccc1OCC(C)=O.